The number of ether oxygens (including phenoxy) is 1. The van der Waals surface area contributed by atoms with Gasteiger partial charge in [-0.3, -0.25) is 0 Å². The number of piperazine rings is 1. The third-order valence-corrected chi connectivity index (χ3v) is 4.02. The molecule has 112 valence electrons. The number of nitrogens with zero attached hydrogens (tertiary/aromatic N) is 1. The molecule has 0 aliphatic carbocycles. The second kappa shape index (κ2) is 7.09. The van der Waals surface area contributed by atoms with E-state index in [9.17, 15) is 0 Å². The summed E-state index contributed by atoms with van der Waals surface area (Å²) in [6.45, 7) is 14.2. The smallest absolute Gasteiger partial charge is 0.126 e. The van der Waals surface area contributed by atoms with Crippen LogP contribution in [-0.4, -0.2) is 43.7 Å². The lowest BCUT2D eigenvalue weighted by atomic mass is 10.0. The van der Waals surface area contributed by atoms with E-state index in [0.717, 1.165) is 44.9 Å². The van der Waals surface area contributed by atoms with Crippen molar-refractivity contribution in [2.45, 2.75) is 40.2 Å². The molecule has 1 aliphatic rings. The maximum Gasteiger partial charge on any atom is 0.126 e. The van der Waals surface area contributed by atoms with Crippen molar-refractivity contribution in [1.29, 1.82) is 0 Å². The average molecular weight is 276 g/mol. The quantitative estimate of drug-likeness (QED) is 0.894. The van der Waals surface area contributed by atoms with Crippen LogP contribution >= 0.6 is 0 Å². The van der Waals surface area contributed by atoms with Crippen LogP contribution in [0.1, 0.15) is 30.5 Å². The number of hydrogen-bond acceptors (Lipinski definition) is 3. The summed E-state index contributed by atoms with van der Waals surface area (Å²) in [6, 6.07) is 4.46. The van der Waals surface area contributed by atoms with E-state index in [4.69, 9.17) is 4.74 Å². The molecule has 1 aromatic carbocycles. The molecule has 0 spiro atoms. The second-order valence-electron chi connectivity index (χ2n) is 6.00. The van der Waals surface area contributed by atoms with Gasteiger partial charge in [0.05, 0.1) is 6.10 Å². The highest BCUT2D eigenvalue weighted by molar-refractivity contribution is 5.45. The fourth-order valence-electron chi connectivity index (χ4n) is 2.66. The first-order valence-electron chi connectivity index (χ1n) is 7.76. The van der Waals surface area contributed by atoms with E-state index in [1.54, 1.807) is 0 Å². The van der Waals surface area contributed by atoms with Gasteiger partial charge >= 0.3 is 0 Å². The monoisotopic (exact) mass is 276 g/mol. The van der Waals surface area contributed by atoms with Gasteiger partial charge in [0.25, 0.3) is 0 Å². The van der Waals surface area contributed by atoms with E-state index in [0.29, 0.717) is 0 Å². The minimum absolute atomic E-state index is 0.230. The van der Waals surface area contributed by atoms with Crippen LogP contribution in [0, 0.1) is 13.8 Å². The topological polar surface area (TPSA) is 24.5 Å². The SMILES string of the molecule is Cc1ccc(CCN2CCNCC2)c(OC(C)C)c1C. The zero-order valence-corrected chi connectivity index (χ0v) is 13.3. The number of rotatable bonds is 5. The number of aryl methyl sites for hydroxylation is 1. The maximum absolute atomic E-state index is 6.07. The lowest BCUT2D eigenvalue weighted by Gasteiger charge is -2.27. The molecule has 3 nitrogen and oxygen atoms in total. The van der Waals surface area contributed by atoms with Gasteiger partial charge in [-0.05, 0) is 50.8 Å². The molecule has 3 heteroatoms. The molecular weight excluding hydrogens is 248 g/mol. The Hall–Kier alpha value is -1.06. The van der Waals surface area contributed by atoms with Crippen molar-refractivity contribution in [3.8, 4) is 5.75 Å². The highest BCUT2D eigenvalue weighted by atomic mass is 16.5. The Labute approximate surface area is 123 Å². The van der Waals surface area contributed by atoms with Crippen LogP contribution < -0.4 is 10.1 Å². The standard InChI is InChI=1S/C17H28N2O/c1-13(2)20-17-15(4)14(3)5-6-16(17)7-10-19-11-8-18-9-12-19/h5-6,13,18H,7-12H2,1-4H3. The molecule has 0 unspecified atom stereocenters. The average Bonchev–Trinajstić information content (AvgIpc) is 2.44. The number of hydrogen-bond donors (Lipinski definition) is 1. The highest BCUT2D eigenvalue weighted by Crippen LogP contribution is 2.28. The normalized spacial score (nSPS) is 16.6. The maximum atomic E-state index is 6.07. The van der Waals surface area contributed by atoms with Gasteiger partial charge in [-0.2, -0.15) is 0 Å². The Morgan fingerprint density at radius 3 is 2.55 bits per heavy atom. The Morgan fingerprint density at radius 2 is 1.90 bits per heavy atom. The summed E-state index contributed by atoms with van der Waals surface area (Å²) >= 11 is 0. The molecule has 1 saturated heterocycles. The molecule has 1 heterocycles. The van der Waals surface area contributed by atoms with Gasteiger partial charge in [-0.25, -0.2) is 0 Å². The van der Waals surface area contributed by atoms with Gasteiger partial charge < -0.3 is 15.0 Å². The molecule has 1 aliphatic heterocycles. The third kappa shape index (κ3) is 3.97. The van der Waals surface area contributed by atoms with E-state index in [2.05, 4.69) is 50.0 Å². The Kier molecular flexibility index (Phi) is 5.44. The van der Waals surface area contributed by atoms with Gasteiger partial charge in [0.1, 0.15) is 5.75 Å². The van der Waals surface area contributed by atoms with E-state index < -0.39 is 0 Å². The first-order valence-corrected chi connectivity index (χ1v) is 7.76. The molecule has 0 bridgehead atoms. The highest BCUT2D eigenvalue weighted by Gasteiger charge is 2.14. The Bertz CT molecular complexity index is 437. The second-order valence-corrected chi connectivity index (χ2v) is 6.00. The molecule has 0 atom stereocenters. The zero-order chi connectivity index (χ0) is 14.5. The number of nitrogens with one attached hydrogen (secondary N) is 1. The lowest BCUT2D eigenvalue weighted by molar-refractivity contribution is 0.229. The molecule has 1 fully saturated rings. The Balaban J connectivity index is 2.07. The molecule has 0 aromatic heterocycles. The minimum atomic E-state index is 0.230. The van der Waals surface area contributed by atoms with Crippen molar-refractivity contribution in [3.05, 3.63) is 28.8 Å². The summed E-state index contributed by atoms with van der Waals surface area (Å²) in [5, 5.41) is 3.40. The third-order valence-electron chi connectivity index (χ3n) is 4.02. The van der Waals surface area contributed by atoms with Crippen molar-refractivity contribution in [3.63, 3.8) is 0 Å². The van der Waals surface area contributed by atoms with Crippen LogP contribution in [0.2, 0.25) is 0 Å². The summed E-state index contributed by atoms with van der Waals surface area (Å²) in [6.07, 6.45) is 1.30. The Morgan fingerprint density at radius 1 is 1.20 bits per heavy atom. The largest absolute Gasteiger partial charge is 0.490 e. The van der Waals surface area contributed by atoms with E-state index >= 15 is 0 Å². The predicted octanol–water partition coefficient (Wildman–Crippen LogP) is 2.54. The first kappa shape index (κ1) is 15.3. The molecule has 20 heavy (non-hydrogen) atoms. The van der Waals surface area contributed by atoms with E-state index in [-0.39, 0.29) is 6.10 Å². The molecule has 0 radical (unpaired) electrons. The van der Waals surface area contributed by atoms with Crippen LogP contribution in [0.4, 0.5) is 0 Å². The van der Waals surface area contributed by atoms with Crippen LogP contribution in [0.5, 0.6) is 5.75 Å². The van der Waals surface area contributed by atoms with Gasteiger partial charge in [-0.1, -0.05) is 12.1 Å². The lowest BCUT2D eigenvalue weighted by Crippen LogP contribution is -2.44. The van der Waals surface area contributed by atoms with Gasteiger partial charge in [0, 0.05) is 32.7 Å². The zero-order valence-electron chi connectivity index (χ0n) is 13.3. The summed E-state index contributed by atoms with van der Waals surface area (Å²) in [5.41, 5.74) is 3.95. The minimum Gasteiger partial charge on any atom is -0.490 e. The van der Waals surface area contributed by atoms with Crippen LogP contribution in [0.25, 0.3) is 0 Å². The predicted molar refractivity (Wildman–Crippen MR) is 84.7 cm³/mol. The van der Waals surface area contributed by atoms with Gasteiger partial charge in [-0.15, -0.1) is 0 Å². The van der Waals surface area contributed by atoms with Gasteiger partial charge in [0.15, 0.2) is 0 Å². The molecule has 0 amide bonds. The summed E-state index contributed by atoms with van der Waals surface area (Å²) < 4.78 is 6.07. The van der Waals surface area contributed by atoms with Crippen molar-refractivity contribution in [2.75, 3.05) is 32.7 Å². The fourth-order valence-corrected chi connectivity index (χ4v) is 2.66. The summed E-state index contributed by atoms with van der Waals surface area (Å²) in [7, 11) is 0. The van der Waals surface area contributed by atoms with Crippen LogP contribution in [0.15, 0.2) is 12.1 Å². The number of benzene rings is 1. The first-order chi connectivity index (χ1) is 9.58. The van der Waals surface area contributed by atoms with Crippen molar-refractivity contribution < 1.29 is 4.74 Å². The molecule has 1 aromatic rings. The molecular formula is C17H28N2O. The summed E-state index contributed by atoms with van der Waals surface area (Å²) in [4.78, 5) is 2.53. The van der Waals surface area contributed by atoms with E-state index in [1.807, 2.05) is 0 Å². The molecule has 2 rings (SSSR count). The van der Waals surface area contributed by atoms with Crippen LogP contribution in [-0.2, 0) is 6.42 Å². The van der Waals surface area contributed by atoms with Crippen molar-refractivity contribution in [1.82, 2.24) is 10.2 Å². The van der Waals surface area contributed by atoms with Crippen LogP contribution in [0.3, 0.4) is 0 Å². The van der Waals surface area contributed by atoms with Gasteiger partial charge in [0.2, 0.25) is 0 Å². The fraction of sp³-hybridized carbons (Fsp3) is 0.647. The molecule has 1 N–H and O–H groups in total. The van der Waals surface area contributed by atoms with Crippen molar-refractivity contribution >= 4 is 0 Å². The van der Waals surface area contributed by atoms with Crippen molar-refractivity contribution in [2.24, 2.45) is 0 Å². The summed E-state index contributed by atoms with van der Waals surface area (Å²) in [5.74, 6) is 1.11. The molecule has 0 saturated carbocycles. The van der Waals surface area contributed by atoms with E-state index in [1.165, 1.54) is 16.7 Å².